The maximum atomic E-state index is 9.14. The molecule has 0 aliphatic carbocycles. The van der Waals surface area contributed by atoms with Crippen LogP contribution in [0.25, 0.3) is 0 Å². The van der Waals surface area contributed by atoms with Crippen molar-refractivity contribution in [2.75, 3.05) is 0 Å². The Morgan fingerprint density at radius 1 is 0.688 bits per heavy atom. The molecule has 0 heterocycles. The van der Waals surface area contributed by atoms with E-state index in [1.54, 1.807) is 0 Å². The van der Waals surface area contributed by atoms with Crippen molar-refractivity contribution in [2.24, 2.45) is 0 Å². The van der Waals surface area contributed by atoms with Gasteiger partial charge in [0.25, 0.3) is 0 Å². The summed E-state index contributed by atoms with van der Waals surface area (Å²) in [5.41, 5.74) is 0. The van der Waals surface area contributed by atoms with E-state index < -0.39 is 17.9 Å². The standard InChI is InChI=1S/3C3H4O2.Y/c3*1-2-3(4)5;/h3*2H,1H2,(H,4,5);/q;;;+3/p-3. The average molecular weight is 302 g/mol. The van der Waals surface area contributed by atoms with Crippen LogP contribution in [-0.2, 0) is 47.1 Å². The summed E-state index contributed by atoms with van der Waals surface area (Å²) in [5, 5.41) is 27.4. The molecule has 0 rings (SSSR count). The van der Waals surface area contributed by atoms with Crippen molar-refractivity contribution in [1.29, 1.82) is 0 Å². The van der Waals surface area contributed by atoms with E-state index in [0.717, 1.165) is 18.2 Å². The van der Waals surface area contributed by atoms with E-state index in [-0.39, 0.29) is 32.7 Å². The van der Waals surface area contributed by atoms with Gasteiger partial charge in [0.1, 0.15) is 0 Å². The Labute approximate surface area is 118 Å². The number of hydrogen-bond donors (Lipinski definition) is 0. The molecule has 0 bridgehead atoms. The van der Waals surface area contributed by atoms with Crippen LogP contribution in [0.3, 0.4) is 0 Å². The summed E-state index contributed by atoms with van der Waals surface area (Å²) in [6, 6.07) is 0. The fourth-order valence-electron chi connectivity index (χ4n) is 0. The molecule has 0 spiro atoms. The molecule has 0 aliphatic heterocycles. The molecule has 0 aromatic rings. The maximum Gasteiger partial charge on any atom is 3.00 e. The van der Waals surface area contributed by atoms with Crippen LogP contribution in [0.1, 0.15) is 0 Å². The molecular weight excluding hydrogens is 293 g/mol. The Hall–Kier alpha value is -1.27. The van der Waals surface area contributed by atoms with Crippen molar-refractivity contribution in [3.63, 3.8) is 0 Å². The van der Waals surface area contributed by atoms with Crippen LogP contribution in [0.5, 0.6) is 0 Å². The van der Waals surface area contributed by atoms with Gasteiger partial charge in [0.2, 0.25) is 0 Å². The predicted molar refractivity (Wildman–Crippen MR) is 45.6 cm³/mol. The number of carboxylic acids is 3. The summed E-state index contributed by atoms with van der Waals surface area (Å²) in [6.07, 6.45) is 2.17. The number of carbonyl (C=O) groups excluding carboxylic acids is 3. The molecule has 0 N–H and O–H groups in total. The van der Waals surface area contributed by atoms with Crippen LogP contribution < -0.4 is 15.3 Å². The molecule has 0 aliphatic rings. The Morgan fingerprint density at radius 2 is 0.750 bits per heavy atom. The first kappa shape index (κ1) is 24.1. The minimum Gasteiger partial charge on any atom is -0.545 e. The van der Waals surface area contributed by atoms with Crippen molar-refractivity contribution in [3.05, 3.63) is 38.0 Å². The summed E-state index contributed by atoms with van der Waals surface area (Å²) in [4.78, 5) is 27.4. The van der Waals surface area contributed by atoms with E-state index in [2.05, 4.69) is 19.7 Å². The first-order valence-corrected chi connectivity index (χ1v) is 3.32. The van der Waals surface area contributed by atoms with Crippen molar-refractivity contribution in [2.45, 2.75) is 0 Å². The average Bonchev–Trinajstić information content (AvgIpc) is 2.19. The molecule has 16 heavy (non-hydrogen) atoms. The van der Waals surface area contributed by atoms with Gasteiger partial charge in [-0.1, -0.05) is 19.7 Å². The second-order valence-electron chi connectivity index (χ2n) is 1.57. The second kappa shape index (κ2) is 19.3. The third kappa shape index (κ3) is 78.2. The molecule has 0 fully saturated rings. The normalized spacial score (nSPS) is 6.00. The van der Waals surface area contributed by atoms with E-state index in [1.165, 1.54) is 0 Å². The fourth-order valence-corrected chi connectivity index (χ4v) is 0. The molecule has 0 unspecified atom stereocenters. The van der Waals surface area contributed by atoms with E-state index >= 15 is 0 Å². The third-order valence-electron chi connectivity index (χ3n) is 0.500. The molecule has 84 valence electrons. The molecular formula is C9H9O6Y. The smallest absolute Gasteiger partial charge is 0.545 e. The van der Waals surface area contributed by atoms with Gasteiger partial charge in [-0.3, -0.25) is 0 Å². The quantitative estimate of drug-likeness (QED) is 0.505. The van der Waals surface area contributed by atoms with Gasteiger partial charge in [0, 0.05) is 0 Å². The second-order valence-corrected chi connectivity index (χ2v) is 1.57. The fraction of sp³-hybridized carbons (Fsp3) is 0. The number of carboxylic acid groups (broad SMARTS) is 3. The van der Waals surface area contributed by atoms with Gasteiger partial charge in [-0.25, -0.2) is 0 Å². The van der Waals surface area contributed by atoms with Crippen LogP contribution in [-0.4, -0.2) is 17.9 Å². The van der Waals surface area contributed by atoms with E-state index in [4.69, 9.17) is 29.7 Å². The van der Waals surface area contributed by atoms with Gasteiger partial charge in [0.15, 0.2) is 0 Å². The summed E-state index contributed by atoms with van der Waals surface area (Å²) in [5.74, 6) is -3.69. The predicted octanol–water partition coefficient (Wildman–Crippen LogP) is -3.24. The third-order valence-corrected chi connectivity index (χ3v) is 0.500. The van der Waals surface area contributed by atoms with Gasteiger partial charge < -0.3 is 29.7 Å². The van der Waals surface area contributed by atoms with Crippen LogP contribution in [0.2, 0.25) is 0 Å². The van der Waals surface area contributed by atoms with Crippen molar-refractivity contribution in [3.8, 4) is 0 Å². The van der Waals surface area contributed by atoms with E-state index in [9.17, 15) is 0 Å². The minimum absolute atomic E-state index is 0. The Balaban J connectivity index is -0.0000000655. The number of carbonyl (C=O) groups is 3. The first-order chi connectivity index (χ1) is 6.81. The summed E-state index contributed by atoms with van der Waals surface area (Å²) in [6.45, 7) is 8.69. The van der Waals surface area contributed by atoms with Gasteiger partial charge in [0.05, 0.1) is 17.9 Å². The van der Waals surface area contributed by atoms with Crippen LogP contribution in [0.15, 0.2) is 38.0 Å². The largest absolute Gasteiger partial charge is 3.00 e. The topological polar surface area (TPSA) is 120 Å². The van der Waals surface area contributed by atoms with Crippen LogP contribution in [0, 0.1) is 0 Å². The first-order valence-electron chi connectivity index (χ1n) is 3.32. The number of rotatable bonds is 3. The zero-order chi connectivity index (χ0) is 12.9. The molecule has 0 saturated heterocycles. The van der Waals surface area contributed by atoms with Gasteiger partial charge in [-0.15, -0.1) is 0 Å². The van der Waals surface area contributed by atoms with Gasteiger partial charge in [-0.2, -0.15) is 0 Å². The zero-order valence-electron chi connectivity index (χ0n) is 8.38. The molecule has 7 heteroatoms. The van der Waals surface area contributed by atoms with Crippen molar-refractivity contribution in [1.82, 2.24) is 0 Å². The molecule has 6 nitrogen and oxygen atoms in total. The summed E-state index contributed by atoms with van der Waals surface area (Å²) in [7, 11) is 0. The molecule has 0 atom stereocenters. The van der Waals surface area contributed by atoms with Gasteiger partial charge in [-0.05, 0) is 18.2 Å². The molecule has 0 aromatic carbocycles. The Bertz CT molecular complexity index is 216. The Kier molecular flexibility index (Phi) is 29.1. The molecule has 0 radical (unpaired) electrons. The minimum atomic E-state index is -1.23. The van der Waals surface area contributed by atoms with Crippen LogP contribution in [0.4, 0.5) is 0 Å². The monoisotopic (exact) mass is 302 g/mol. The summed E-state index contributed by atoms with van der Waals surface area (Å²) < 4.78 is 0. The van der Waals surface area contributed by atoms with Crippen LogP contribution >= 0.6 is 0 Å². The molecule has 0 amide bonds. The van der Waals surface area contributed by atoms with Crippen molar-refractivity contribution >= 4 is 17.9 Å². The van der Waals surface area contributed by atoms with Gasteiger partial charge >= 0.3 is 32.7 Å². The molecule has 0 saturated carbocycles. The Morgan fingerprint density at radius 3 is 0.750 bits per heavy atom. The SMILES string of the molecule is C=CC(=O)[O-].C=CC(=O)[O-].C=CC(=O)[O-].[Y+3]. The summed E-state index contributed by atoms with van der Waals surface area (Å²) >= 11 is 0. The van der Waals surface area contributed by atoms with E-state index in [0.29, 0.717) is 0 Å². The maximum absolute atomic E-state index is 9.14. The van der Waals surface area contributed by atoms with E-state index in [1.807, 2.05) is 0 Å². The number of hydrogen-bond acceptors (Lipinski definition) is 6. The van der Waals surface area contributed by atoms with Crippen molar-refractivity contribution < 1.29 is 62.4 Å². The zero-order valence-corrected chi connectivity index (χ0v) is 11.2. The molecule has 0 aromatic heterocycles. The number of aliphatic carboxylic acids is 3.